The third-order valence-electron chi connectivity index (χ3n) is 2.93. The van der Waals surface area contributed by atoms with Crippen molar-refractivity contribution in [1.29, 1.82) is 0 Å². The molecule has 0 saturated heterocycles. The Morgan fingerprint density at radius 1 is 1.35 bits per heavy atom. The molecule has 2 heterocycles. The molecule has 2 aromatic heterocycles. The molecule has 1 aliphatic carbocycles. The van der Waals surface area contributed by atoms with Crippen LogP contribution in [-0.2, 0) is 12.8 Å². The van der Waals surface area contributed by atoms with Gasteiger partial charge in [0.15, 0.2) is 5.82 Å². The molecule has 2 aromatic rings. The van der Waals surface area contributed by atoms with Crippen LogP contribution in [0.1, 0.15) is 24.6 Å². The van der Waals surface area contributed by atoms with Crippen molar-refractivity contribution >= 4 is 17.2 Å². The predicted molar refractivity (Wildman–Crippen MR) is 69.3 cm³/mol. The third kappa shape index (κ3) is 1.91. The first kappa shape index (κ1) is 10.7. The summed E-state index contributed by atoms with van der Waals surface area (Å²) in [4.78, 5) is 14.4. The summed E-state index contributed by atoms with van der Waals surface area (Å²) in [7, 11) is 0. The lowest BCUT2D eigenvalue weighted by Gasteiger charge is -2.09. The van der Waals surface area contributed by atoms with Crippen LogP contribution >= 0.6 is 11.3 Å². The van der Waals surface area contributed by atoms with E-state index in [1.165, 1.54) is 17.7 Å². The van der Waals surface area contributed by atoms with E-state index in [9.17, 15) is 0 Å². The highest BCUT2D eigenvalue weighted by atomic mass is 32.1. The summed E-state index contributed by atoms with van der Waals surface area (Å²) in [5, 5.41) is 3.34. The van der Waals surface area contributed by atoms with Gasteiger partial charge in [-0.05, 0) is 26.2 Å². The van der Waals surface area contributed by atoms with Crippen LogP contribution in [-0.4, -0.2) is 21.5 Å². The second kappa shape index (κ2) is 4.41. The predicted octanol–water partition coefficient (Wildman–Crippen LogP) is 2.52. The van der Waals surface area contributed by atoms with Gasteiger partial charge in [0.1, 0.15) is 5.82 Å². The third-order valence-corrected chi connectivity index (χ3v) is 3.70. The van der Waals surface area contributed by atoms with Gasteiger partial charge in [0, 0.05) is 24.0 Å². The Morgan fingerprint density at radius 2 is 2.29 bits per heavy atom. The number of hydrogen-bond acceptors (Lipinski definition) is 5. The topological polar surface area (TPSA) is 50.7 Å². The number of thiazole rings is 1. The lowest BCUT2D eigenvalue weighted by molar-refractivity contribution is 0.900. The SMILES string of the molecule is CCNc1nc(-c2cncs2)nc2c1CCC2. The molecule has 0 aliphatic heterocycles. The Morgan fingerprint density at radius 3 is 3.06 bits per heavy atom. The monoisotopic (exact) mass is 246 g/mol. The molecule has 0 radical (unpaired) electrons. The van der Waals surface area contributed by atoms with Crippen molar-refractivity contribution in [2.45, 2.75) is 26.2 Å². The van der Waals surface area contributed by atoms with Crippen molar-refractivity contribution in [3.05, 3.63) is 23.0 Å². The lowest BCUT2D eigenvalue weighted by atomic mass is 10.2. The van der Waals surface area contributed by atoms with Crippen LogP contribution in [0.5, 0.6) is 0 Å². The maximum Gasteiger partial charge on any atom is 0.173 e. The number of fused-ring (bicyclic) bond motifs is 1. The van der Waals surface area contributed by atoms with E-state index in [4.69, 9.17) is 0 Å². The molecule has 17 heavy (non-hydrogen) atoms. The Balaban J connectivity index is 2.09. The summed E-state index contributed by atoms with van der Waals surface area (Å²) in [6.07, 6.45) is 5.19. The van der Waals surface area contributed by atoms with Gasteiger partial charge in [0.2, 0.25) is 0 Å². The smallest absolute Gasteiger partial charge is 0.173 e. The highest BCUT2D eigenvalue weighted by molar-refractivity contribution is 7.13. The van der Waals surface area contributed by atoms with Crippen LogP contribution in [0.15, 0.2) is 11.7 Å². The molecule has 0 saturated carbocycles. The second-order valence-corrected chi connectivity index (χ2v) is 4.96. The molecular weight excluding hydrogens is 232 g/mol. The van der Waals surface area contributed by atoms with E-state index in [0.29, 0.717) is 0 Å². The Bertz CT molecular complexity index is 522. The largest absolute Gasteiger partial charge is 0.370 e. The fraction of sp³-hybridized carbons (Fsp3) is 0.417. The zero-order valence-corrected chi connectivity index (χ0v) is 10.5. The van der Waals surface area contributed by atoms with Crippen LogP contribution in [0.3, 0.4) is 0 Å². The van der Waals surface area contributed by atoms with E-state index < -0.39 is 0 Å². The summed E-state index contributed by atoms with van der Waals surface area (Å²) in [5.41, 5.74) is 4.33. The number of aryl methyl sites for hydroxylation is 1. The maximum absolute atomic E-state index is 4.66. The fourth-order valence-corrected chi connectivity index (χ4v) is 2.74. The normalized spacial score (nSPS) is 13.7. The molecule has 0 fully saturated rings. The number of rotatable bonds is 3. The van der Waals surface area contributed by atoms with Crippen molar-refractivity contribution in [3.8, 4) is 10.7 Å². The van der Waals surface area contributed by atoms with E-state index in [1.807, 2.05) is 11.7 Å². The molecule has 0 unspecified atom stereocenters. The molecule has 0 aromatic carbocycles. The van der Waals surface area contributed by atoms with E-state index >= 15 is 0 Å². The fourth-order valence-electron chi connectivity index (χ4n) is 2.18. The van der Waals surface area contributed by atoms with Crippen molar-refractivity contribution < 1.29 is 0 Å². The van der Waals surface area contributed by atoms with Gasteiger partial charge in [-0.15, -0.1) is 11.3 Å². The van der Waals surface area contributed by atoms with Gasteiger partial charge < -0.3 is 5.32 Å². The van der Waals surface area contributed by atoms with Crippen molar-refractivity contribution in [2.24, 2.45) is 0 Å². The minimum atomic E-state index is 0.809. The molecular formula is C12H14N4S. The van der Waals surface area contributed by atoms with Gasteiger partial charge in [0.05, 0.1) is 10.4 Å². The van der Waals surface area contributed by atoms with Gasteiger partial charge in [-0.3, -0.25) is 4.98 Å². The average molecular weight is 246 g/mol. The summed E-state index contributed by atoms with van der Waals surface area (Å²) in [6.45, 7) is 2.99. The Kier molecular flexibility index (Phi) is 2.76. The van der Waals surface area contributed by atoms with Gasteiger partial charge in [0.25, 0.3) is 0 Å². The molecule has 88 valence electrons. The quantitative estimate of drug-likeness (QED) is 0.904. The number of anilines is 1. The number of hydrogen-bond donors (Lipinski definition) is 1. The van der Waals surface area contributed by atoms with Crippen LogP contribution in [0.25, 0.3) is 10.7 Å². The van der Waals surface area contributed by atoms with E-state index in [1.54, 1.807) is 11.3 Å². The Hall–Kier alpha value is -1.49. The summed E-state index contributed by atoms with van der Waals surface area (Å²) in [6, 6.07) is 0. The summed E-state index contributed by atoms with van der Waals surface area (Å²) >= 11 is 1.58. The van der Waals surface area contributed by atoms with E-state index in [0.717, 1.165) is 35.9 Å². The van der Waals surface area contributed by atoms with E-state index in [2.05, 4.69) is 27.2 Å². The molecule has 0 bridgehead atoms. The molecule has 0 amide bonds. The number of aromatic nitrogens is 3. The second-order valence-electron chi connectivity index (χ2n) is 4.07. The van der Waals surface area contributed by atoms with Gasteiger partial charge in [-0.25, -0.2) is 9.97 Å². The zero-order chi connectivity index (χ0) is 11.7. The highest BCUT2D eigenvalue weighted by Crippen LogP contribution is 2.30. The first-order chi connectivity index (χ1) is 8.38. The number of nitrogens with one attached hydrogen (secondary N) is 1. The molecule has 1 aliphatic rings. The van der Waals surface area contributed by atoms with Crippen LogP contribution in [0, 0.1) is 0 Å². The molecule has 1 N–H and O–H groups in total. The van der Waals surface area contributed by atoms with Crippen LogP contribution in [0.4, 0.5) is 5.82 Å². The number of nitrogens with zero attached hydrogens (tertiary/aromatic N) is 3. The lowest BCUT2D eigenvalue weighted by Crippen LogP contribution is -2.06. The molecule has 0 spiro atoms. The zero-order valence-electron chi connectivity index (χ0n) is 9.73. The van der Waals surface area contributed by atoms with Gasteiger partial charge in [-0.1, -0.05) is 0 Å². The van der Waals surface area contributed by atoms with Crippen molar-refractivity contribution in [3.63, 3.8) is 0 Å². The first-order valence-electron chi connectivity index (χ1n) is 5.91. The molecule has 4 nitrogen and oxygen atoms in total. The van der Waals surface area contributed by atoms with Gasteiger partial charge in [-0.2, -0.15) is 0 Å². The highest BCUT2D eigenvalue weighted by Gasteiger charge is 2.19. The maximum atomic E-state index is 4.66. The standard InChI is InChI=1S/C12H14N4S/c1-2-14-11-8-4-3-5-9(8)15-12(16-11)10-6-13-7-17-10/h6-7H,2-5H2,1H3,(H,14,15,16). The summed E-state index contributed by atoms with van der Waals surface area (Å²) < 4.78 is 0. The van der Waals surface area contributed by atoms with Crippen molar-refractivity contribution in [2.75, 3.05) is 11.9 Å². The molecule has 0 atom stereocenters. The van der Waals surface area contributed by atoms with Crippen molar-refractivity contribution in [1.82, 2.24) is 15.0 Å². The summed E-state index contributed by atoms with van der Waals surface area (Å²) in [5.74, 6) is 1.82. The first-order valence-corrected chi connectivity index (χ1v) is 6.79. The minimum Gasteiger partial charge on any atom is -0.370 e. The van der Waals surface area contributed by atoms with Crippen LogP contribution in [0.2, 0.25) is 0 Å². The van der Waals surface area contributed by atoms with Gasteiger partial charge >= 0.3 is 0 Å². The molecule has 3 rings (SSSR count). The molecule has 5 heteroatoms. The minimum absolute atomic E-state index is 0.809. The van der Waals surface area contributed by atoms with E-state index in [-0.39, 0.29) is 0 Å². The average Bonchev–Trinajstić information content (AvgIpc) is 3.00. The Labute approximate surface area is 104 Å². The van der Waals surface area contributed by atoms with Crippen LogP contribution < -0.4 is 5.32 Å².